The first-order chi connectivity index (χ1) is 8.11. The fraction of sp³-hybridized carbons (Fsp3) is 0.417. The fourth-order valence-electron chi connectivity index (χ4n) is 2.28. The largest absolute Gasteiger partial charge is 0.481 e. The van der Waals surface area contributed by atoms with Gasteiger partial charge in [0, 0.05) is 5.41 Å². The Bertz CT molecular complexity index is 494. The molecule has 1 fully saturated rings. The van der Waals surface area contributed by atoms with Gasteiger partial charge < -0.3 is 14.6 Å². The van der Waals surface area contributed by atoms with Gasteiger partial charge >= 0.3 is 5.97 Å². The maximum absolute atomic E-state index is 10.9. The monoisotopic (exact) mass is 254 g/mol. The second-order valence-electron chi connectivity index (χ2n) is 4.54. The molecule has 0 bridgehead atoms. The van der Waals surface area contributed by atoms with Crippen LogP contribution >= 0.6 is 11.6 Å². The van der Waals surface area contributed by atoms with Crippen molar-refractivity contribution in [2.24, 2.45) is 0 Å². The van der Waals surface area contributed by atoms with Gasteiger partial charge in [-0.3, -0.25) is 4.79 Å². The van der Waals surface area contributed by atoms with Crippen molar-refractivity contribution in [3.05, 3.63) is 22.7 Å². The van der Waals surface area contributed by atoms with Crippen molar-refractivity contribution in [2.45, 2.75) is 24.7 Å². The first-order valence-electron chi connectivity index (χ1n) is 5.42. The van der Waals surface area contributed by atoms with Crippen LogP contribution in [0.5, 0.6) is 11.5 Å². The fourth-order valence-corrected chi connectivity index (χ4v) is 2.55. The molecule has 0 amide bonds. The summed E-state index contributed by atoms with van der Waals surface area (Å²) in [6, 6.07) is 3.65. The molecule has 0 unspecified atom stereocenters. The van der Waals surface area contributed by atoms with Crippen LogP contribution in [0, 0.1) is 0 Å². The van der Waals surface area contributed by atoms with Gasteiger partial charge in [0.25, 0.3) is 0 Å². The van der Waals surface area contributed by atoms with Crippen LogP contribution in [0.25, 0.3) is 0 Å². The highest BCUT2D eigenvalue weighted by Crippen LogP contribution is 2.54. The molecule has 17 heavy (non-hydrogen) atoms. The molecule has 3 rings (SSSR count). The molecular formula is C12H11ClO4. The predicted molar refractivity (Wildman–Crippen MR) is 60.7 cm³/mol. The van der Waals surface area contributed by atoms with Gasteiger partial charge in [0.1, 0.15) is 0 Å². The van der Waals surface area contributed by atoms with Crippen molar-refractivity contribution in [1.82, 2.24) is 0 Å². The third-order valence-electron chi connectivity index (χ3n) is 3.38. The summed E-state index contributed by atoms with van der Waals surface area (Å²) in [5.74, 6) is 0.391. The Kier molecular flexibility index (Phi) is 2.23. The highest BCUT2D eigenvalue weighted by Gasteiger charge is 2.46. The van der Waals surface area contributed by atoms with Crippen molar-refractivity contribution in [1.29, 1.82) is 0 Å². The molecule has 5 heteroatoms. The minimum absolute atomic E-state index is 0.142. The third kappa shape index (κ3) is 1.72. The Hall–Kier alpha value is -1.42. The normalized spacial score (nSPS) is 19.1. The number of benzene rings is 1. The molecule has 1 aromatic carbocycles. The van der Waals surface area contributed by atoms with E-state index in [0.717, 1.165) is 18.4 Å². The number of carboxylic acids is 1. The Balaban J connectivity index is 1.99. The van der Waals surface area contributed by atoms with Gasteiger partial charge in [0.05, 0.1) is 11.4 Å². The van der Waals surface area contributed by atoms with Gasteiger partial charge in [-0.1, -0.05) is 11.6 Å². The molecule has 90 valence electrons. The van der Waals surface area contributed by atoms with E-state index in [9.17, 15) is 4.79 Å². The van der Waals surface area contributed by atoms with Gasteiger partial charge in [0.15, 0.2) is 11.5 Å². The summed E-state index contributed by atoms with van der Waals surface area (Å²) in [6.45, 7) is 0.171. The molecule has 1 heterocycles. The molecule has 0 spiro atoms. The van der Waals surface area contributed by atoms with E-state index in [-0.39, 0.29) is 18.6 Å². The van der Waals surface area contributed by atoms with Crippen LogP contribution in [0.2, 0.25) is 5.02 Å². The Morgan fingerprint density at radius 1 is 1.41 bits per heavy atom. The number of aliphatic carboxylic acids is 1. The highest BCUT2D eigenvalue weighted by molar-refractivity contribution is 6.32. The summed E-state index contributed by atoms with van der Waals surface area (Å²) in [4.78, 5) is 10.9. The molecule has 0 atom stereocenters. The van der Waals surface area contributed by atoms with Gasteiger partial charge in [-0.05, 0) is 30.5 Å². The topological polar surface area (TPSA) is 55.8 Å². The SMILES string of the molecule is O=C(O)CC1(c2cc(Cl)c3c(c2)OCO3)CC1. The van der Waals surface area contributed by atoms with Gasteiger partial charge in [-0.25, -0.2) is 0 Å². The van der Waals surface area contributed by atoms with Crippen LogP contribution in [0.15, 0.2) is 12.1 Å². The van der Waals surface area contributed by atoms with Gasteiger partial charge in [-0.2, -0.15) is 0 Å². The van der Waals surface area contributed by atoms with Crippen LogP contribution in [0.1, 0.15) is 24.8 Å². The maximum Gasteiger partial charge on any atom is 0.304 e. The molecular weight excluding hydrogens is 244 g/mol. The second kappa shape index (κ2) is 3.53. The number of rotatable bonds is 3. The molecule has 0 aromatic heterocycles. The van der Waals surface area contributed by atoms with Gasteiger partial charge in [0.2, 0.25) is 6.79 Å². The quantitative estimate of drug-likeness (QED) is 0.901. The standard InChI is InChI=1S/C12H11ClO4/c13-8-3-7(4-9-11(8)17-6-16-9)12(1-2-12)5-10(14)15/h3-4H,1-2,5-6H2,(H,14,15). The Labute approximate surface area is 103 Å². The summed E-state index contributed by atoms with van der Waals surface area (Å²) in [5.41, 5.74) is 0.686. The summed E-state index contributed by atoms with van der Waals surface area (Å²) in [7, 11) is 0. The van der Waals surface area contributed by atoms with E-state index in [1.807, 2.05) is 6.07 Å². The Morgan fingerprint density at radius 2 is 2.18 bits per heavy atom. The lowest BCUT2D eigenvalue weighted by atomic mass is 9.92. The lowest BCUT2D eigenvalue weighted by Gasteiger charge is -2.14. The number of ether oxygens (including phenoxy) is 2. The van der Waals surface area contributed by atoms with E-state index in [4.69, 9.17) is 26.2 Å². The molecule has 4 nitrogen and oxygen atoms in total. The summed E-state index contributed by atoms with van der Waals surface area (Å²) in [6.07, 6.45) is 1.91. The van der Waals surface area contributed by atoms with Crippen molar-refractivity contribution in [3.8, 4) is 11.5 Å². The maximum atomic E-state index is 10.9. The number of carbonyl (C=O) groups is 1. The van der Waals surface area contributed by atoms with Crippen LogP contribution < -0.4 is 9.47 Å². The number of carboxylic acid groups (broad SMARTS) is 1. The van der Waals surface area contributed by atoms with Crippen molar-refractivity contribution in [3.63, 3.8) is 0 Å². The van der Waals surface area contributed by atoms with E-state index in [1.165, 1.54) is 0 Å². The zero-order valence-corrected chi connectivity index (χ0v) is 9.79. The van der Waals surface area contributed by atoms with Crippen molar-refractivity contribution >= 4 is 17.6 Å². The first-order valence-corrected chi connectivity index (χ1v) is 5.80. The van der Waals surface area contributed by atoms with E-state index >= 15 is 0 Å². The minimum Gasteiger partial charge on any atom is -0.481 e. The number of halogens is 1. The van der Waals surface area contributed by atoms with E-state index in [2.05, 4.69) is 0 Å². The summed E-state index contributed by atoms with van der Waals surface area (Å²) in [5, 5.41) is 9.42. The van der Waals surface area contributed by atoms with Crippen LogP contribution in [-0.2, 0) is 10.2 Å². The summed E-state index contributed by atoms with van der Waals surface area (Å²) >= 11 is 6.09. The van der Waals surface area contributed by atoms with Crippen LogP contribution in [0.4, 0.5) is 0 Å². The van der Waals surface area contributed by atoms with E-state index < -0.39 is 5.97 Å². The zero-order valence-electron chi connectivity index (χ0n) is 9.03. The average Bonchev–Trinajstić information content (AvgIpc) is 2.87. The molecule has 1 aromatic rings. The van der Waals surface area contributed by atoms with Crippen LogP contribution in [0.3, 0.4) is 0 Å². The minimum atomic E-state index is -0.781. The van der Waals surface area contributed by atoms with Crippen LogP contribution in [-0.4, -0.2) is 17.9 Å². The van der Waals surface area contributed by atoms with Crippen molar-refractivity contribution in [2.75, 3.05) is 6.79 Å². The highest BCUT2D eigenvalue weighted by atomic mass is 35.5. The third-order valence-corrected chi connectivity index (χ3v) is 3.66. The molecule has 1 N–H and O–H groups in total. The summed E-state index contributed by atoms with van der Waals surface area (Å²) < 4.78 is 10.5. The lowest BCUT2D eigenvalue weighted by Crippen LogP contribution is -2.12. The van der Waals surface area contributed by atoms with E-state index in [0.29, 0.717) is 16.5 Å². The molecule has 1 saturated carbocycles. The number of fused-ring (bicyclic) bond motifs is 1. The van der Waals surface area contributed by atoms with Gasteiger partial charge in [-0.15, -0.1) is 0 Å². The predicted octanol–water partition coefficient (Wildman–Crippen LogP) is 2.58. The molecule has 0 saturated heterocycles. The lowest BCUT2D eigenvalue weighted by molar-refractivity contribution is -0.137. The smallest absolute Gasteiger partial charge is 0.304 e. The van der Waals surface area contributed by atoms with Crippen molar-refractivity contribution < 1.29 is 19.4 Å². The first kappa shape index (κ1) is 10.7. The second-order valence-corrected chi connectivity index (χ2v) is 4.95. The molecule has 1 aliphatic heterocycles. The molecule has 0 radical (unpaired) electrons. The average molecular weight is 255 g/mol. The number of hydrogen-bond acceptors (Lipinski definition) is 3. The zero-order chi connectivity index (χ0) is 12.0. The molecule has 2 aliphatic rings. The molecule has 1 aliphatic carbocycles. The van der Waals surface area contributed by atoms with E-state index in [1.54, 1.807) is 6.07 Å². The number of hydrogen-bond donors (Lipinski definition) is 1. The Morgan fingerprint density at radius 3 is 2.82 bits per heavy atom.